The molecular formula is C26H35N3O2. The predicted molar refractivity (Wildman–Crippen MR) is 125 cm³/mol. The van der Waals surface area contributed by atoms with Gasteiger partial charge in [-0.05, 0) is 101 Å². The van der Waals surface area contributed by atoms with E-state index in [-0.39, 0.29) is 5.91 Å². The molecule has 0 radical (unpaired) electrons. The number of hydrogen-bond acceptors (Lipinski definition) is 4. The second-order valence-corrected chi connectivity index (χ2v) is 8.72. The molecule has 31 heavy (non-hydrogen) atoms. The Bertz CT molecular complexity index is 795. The van der Waals surface area contributed by atoms with Gasteiger partial charge in [0.2, 0.25) is 0 Å². The molecule has 2 saturated heterocycles. The molecule has 2 aliphatic rings. The van der Waals surface area contributed by atoms with Gasteiger partial charge in [-0.25, -0.2) is 0 Å². The van der Waals surface area contributed by atoms with Crippen molar-refractivity contribution in [3.63, 3.8) is 0 Å². The van der Waals surface area contributed by atoms with Crippen LogP contribution in [0.5, 0.6) is 11.5 Å². The Morgan fingerprint density at radius 2 is 1.55 bits per heavy atom. The van der Waals surface area contributed by atoms with Crippen molar-refractivity contribution in [3.05, 3.63) is 60.2 Å². The molecule has 0 atom stereocenters. The molecule has 0 saturated carbocycles. The summed E-state index contributed by atoms with van der Waals surface area (Å²) in [6.45, 7) is 6.77. The topological polar surface area (TPSA) is 44.8 Å². The number of amides is 1. The van der Waals surface area contributed by atoms with Crippen molar-refractivity contribution in [1.29, 1.82) is 0 Å². The minimum absolute atomic E-state index is 0.0185. The van der Waals surface area contributed by atoms with Crippen LogP contribution in [-0.2, 0) is 0 Å². The summed E-state index contributed by atoms with van der Waals surface area (Å²) >= 11 is 0. The zero-order chi connectivity index (χ0) is 21.3. The number of rotatable bonds is 8. The lowest BCUT2D eigenvalue weighted by Crippen LogP contribution is -2.47. The van der Waals surface area contributed by atoms with Crippen LogP contribution < -0.4 is 10.1 Å². The monoisotopic (exact) mass is 421 g/mol. The summed E-state index contributed by atoms with van der Waals surface area (Å²) in [5.41, 5.74) is 0.669. The Labute approximate surface area is 186 Å². The van der Waals surface area contributed by atoms with E-state index in [9.17, 15) is 4.79 Å². The maximum Gasteiger partial charge on any atom is 0.251 e. The molecule has 1 N–H and O–H groups in total. The molecule has 0 spiro atoms. The van der Waals surface area contributed by atoms with Crippen molar-refractivity contribution in [2.75, 3.05) is 39.3 Å². The Kier molecular flexibility index (Phi) is 7.97. The number of likely N-dealkylation sites (tertiary alicyclic amines) is 2. The summed E-state index contributed by atoms with van der Waals surface area (Å²) < 4.78 is 5.78. The summed E-state index contributed by atoms with van der Waals surface area (Å²) in [6.07, 6.45) is 7.75. The largest absolute Gasteiger partial charge is 0.457 e. The van der Waals surface area contributed by atoms with Crippen LogP contribution in [0.2, 0.25) is 0 Å². The summed E-state index contributed by atoms with van der Waals surface area (Å²) in [5.74, 6) is 1.51. The fourth-order valence-electron chi connectivity index (χ4n) is 4.70. The van der Waals surface area contributed by atoms with E-state index >= 15 is 0 Å². The van der Waals surface area contributed by atoms with Gasteiger partial charge in [0, 0.05) is 18.2 Å². The Morgan fingerprint density at radius 3 is 2.26 bits per heavy atom. The molecular weight excluding hydrogens is 386 g/mol. The van der Waals surface area contributed by atoms with E-state index in [2.05, 4.69) is 15.1 Å². The SMILES string of the molecule is O=C(NCCCN1CCC(N2CCCCC2)CC1)c1ccc(Oc2ccccc2)cc1. The number of benzene rings is 2. The maximum atomic E-state index is 12.4. The molecule has 2 aliphatic heterocycles. The van der Waals surface area contributed by atoms with E-state index in [1.165, 1.54) is 58.3 Å². The molecule has 2 fully saturated rings. The third-order valence-corrected chi connectivity index (χ3v) is 6.50. The quantitative estimate of drug-likeness (QED) is 0.635. The van der Waals surface area contributed by atoms with Gasteiger partial charge < -0.3 is 19.9 Å². The fraction of sp³-hybridized carbons (Fsp3) is 0.500. The lowest BCUT2D eigenvalue weighted by atomic mass is 10.00. The molecule has 0 bridgehead atoms. The number of hydrogen-bond donors (Lipinski definition) is 1. The highest BCUT2D eigenvalue weighted by atomic mass is 16.5. The summed E-state index contributed by atoms with van der Waals surface area (Å²) in [4.78, 5) is 17.7. The average Bonchev–Trinajstić information content (AvgIpc) is 2.84. The van der Waals surface area contributed by atoms with Crippen LogP contribution >= 0.6 is 0 Å². The second-order valence-electron chi connectivity index (χ2n) is 8.72. The van der Waals surface area contributed by atoms with Crippen LogP contribution in [0.15, 0.2) is 54.6 Å². The molecule has 4 rings (SSSR count). The standard InChI is InChI=1S/C26H35N3O2/c30-26(22-10-12-25(13-11-22)31-24-8-3-1-4-9-24)27-16-7-17-28-20-14-23(15-21-28)29-18-5-2-6-19-29/h1,3-4,8-13,23H,2,5-7,14-21H2,(H,27,30). The van der Waals surface area contributed by atoms with Gasteiger partial charge in [0.1, 0.15) is 11.5 Å². The lowest BCUT2D eigenvalue weighted by Gasteiger charge is -2.40. The number of carbonyl (C=O) groups is 1. The van der Waals surface area contributed by atoms with E-state index in [0.29, 0.717) is 12.1 Å². The highest BCUT2D eigenvalue weighted by Gasteiger charge is 2.25. The smallest absolute Gasteiger partial charge is 0.251 e. The predicted octanol–water partition coefficient (Wildman–Crippen LogP) is 4.55. The van der Waals surface area contributed by atoms with Crippen molar-refractivity contribution in [2.45, 2.75) is 44.6 Å². The number of nitrogens with zero attached hydrogens (tertiary/aromatic N) is 2. The Hall–Kier alpha value is -2.37. The molecule has 2 heterocycles. The Morgan fingerprint density at radius 1 is 0.871 bits per heavy atom. The summed E-state index contributed by atoms with van der Waals surface area (Å²) in [6, 6.07) is 17.8. The first-order valence-electron chi connectivity index (χ1n) is 11.9. The van der Waals surface area contributed by atoms with Gasteiger partial charge in [-0.15, -0.1) is 0 Å². The van der Waals surface area contributed by atoms with Crippen molar-refractivity contribution in [2.24, 2.45) is 0 Å². The molecule has 2 aromatic rings. The fourth-order valence-corrected chi connectivity index (χ4v) is 4.70. The Balaban J connectivity index is 1.12. The van der Waals surface area contributed by atoms with Crippen LogP contribution in [0, 0.1) is 0 Å². The van der Waals surface area contributed by atoms with Crippen molar-refractivity contribution in [3.8, 4) is 11.5 Å². The third-order valence-electron chi connectivity index (χ3n) is 6.50. The van der Waals surface area contributed by atoms with Gasteiger partial charge in [-0.1, -0.05) is 24.6 Å². The van der Waals surface area contributed by atoms with Crippen LogP contribution in [0.1, 0.15) is 48.9 Å². The van der Waals surface area contributed by atoms with Crippen molar-refractivity contribution in [1.82, 2.24) is 15.1 Å². The number of carbonyl (C=O) groups excluding carboxylic acids is 1. The number of ether oxygens (including phenoxy) is 1. The molecule has 0 unspecified atom stereocenters. The van der Waals surface area contributed by atoms with Crippen LogP contribution in [0.3, 0.4) is 0 Å². The number of para-hydroxylation sites is 1. The maximum absolute atomic E-state index is 12.4. The first-order chi connectivity index (χ1) is 15.3. The van der Waals surface area contributed by atoms with E-state index < -0.39 is 0 Å². The number of piperidine rings is 2. The van der Waals surface area contributed by atoms with E-state index in [4.69, 9.17) is 4.74 Å². The summed E-state index contributed by atoms with van der Waals surface area (Å²) in [5, 5.41) is 3.05. The molecule has 5 nitrogen and oxygen atoms in total. The first kappa shape index (κ1) is 21.8. The van der Waals surface area contributed by atoms with E-state index in [1.807, 2.05) is 54.6 Å². The molecule has 0 aliphatic carbocycles. The minimum atomic E-state index is -0.0185. The second kappa shape index (κ2) is 11.3. The van der Waals surface area contributed by atoms with Crippen LogP contribution in [0.4, 0.5) is 0 Å². The van der Waals surface area contributed by atoms with Crippen LogP contribution in [0.25, 0.3) is 0 Å². The highest BCUT2D eigenvalue weighted by molar-refractivity contribution is 5.94. The number of nitrogens with one attached hydrogen (secondary N) is 1. The molecule has 5 heteroatoms. The molecule has 1 amide bonds. The third kappa shape index (κ3) is 6.55. The molecule has 2 aromatic carbocycles. The van der Waals surface area contributed by atoms with Crippen molar-refractivity contribution >= 4 is 5.91 Å². The van der Waals surface area contributed by atoms with Gasteiger partial charge in [0.15, 0.2) is 0 Å². The normalized spacial score (nSPS) is 18.6. The molecule has 0 aromatic heterocycles. The van der Waals surface area contributed by atoms with Gasteiger partial charge in [0.25, 0.3) is 5.91 Å². The lowest BCUT2D eigenvalue weighted by molar-refractivity contribution is 0.0903. The van der Waals surface area contributed by atoms with Gasteiger partial charge in [0.05, 0.1) is 0 Å². The van der Waals surface area contributed by atoms with Gasteiger partial charge >= 0.3 is 0 Å². The van der Waals surface area contributed by atoms with E-state index in [1.54, 1.807) is 0 Å². The first-order valence-corrected chi connectivity index (χ1v) is 11.9. The zero-order valence-electron chi connectivity index (χ0n) is 18.5. The van der Waals surface area contributed by atoms with E-state index in [0.717, 1.165) is 30.5 Å². The van der Waals surface area contributed by atoms with Crippen molar-refractivity contribution < 1.29 is 9.53 Å². The summed E-state index contributed by atoms with van der Waals surface area (Å²) in [7, 11) is 0. The van der Waals surface area contributed by atoms with Gasteiger partial charge in [-0.3, -0.25) is 4.79 Å². The zero-order valence-corrected chi connectivity index (χ0v) is 18.5. The minimum Gasteiger partial charge on any atom is -0.457 e. The molecule has 166 valence electrons. The van der Waals surface area contributed by atoms with Crippen LogP contribution in [-0.4, -0.2) is 61.0 Å². The highest BCUT2D eigenvalue weighted by Crippen LogP contribution is 2.22. The average molecular weight is 422 g/mol. The van der Waals surface area contributed by atoms with Gasteiger partial charge in [-0.2, -0.15) is 0 Å².